The number of para-hydroxylation sites is 1. The van der Waals surface area contributed by atoms with E-state index in [2.05, 4.69) is 10.5 Å². The average Bonchev–Trinajstić information content (AvgIpc) is 3.18. The van der Waals surface area contributed by atoms with E-state index in [9.17, 15) is 14.0 Å². The number of amides is 2. The molecule has 0 fully saturated rings. The second kappa shape index (κ2) is 8.65. The summed E-state index contributed by atoms with van der Waals surface area (Å²) in [7, 11) is 1.54. The molecule has 2 aromatic rings. The lowest BCUT2D eigenvalue weighted by Gasteiger charge is -2.19. The van der Waals surface area contributed by atoms with Gasteiger partial charge in [-0.25, -0.2) is 4.39 Å². The summed E-state index contributed by atoms with van der Waals surface area (Å²) in [5, 5.41) is 6.74. The number of rotatable bonds is 6. The van der Waals surface area contributed by atoms with E-state index in [1.165, 1.54) is 24.1 Å². The quantitative estimate of drug-likeness (QED) is 0.834. The van der Waals surface area contributed by atoms with Gasteiger partial charge in [0.05, 0.1) is 12.3 Å². The zero-order valence-electron chi connectivity index (χ0n) is 15.8. The molecule has 1 heterocycles. The maximum Gasteiger partial charge on any atom is 0.267 e. The maximum absolute atomic E-state index is 13.4. The van der Waals surface area contributed by atoms with E-state index in [4.69, 9.17) is 4.84 Å². The summed E-state index contributed by atoms with van der Waals surface area (Å²) in [4.78, 5) is 31.4. The Morgan fingerprint density at radius 2 is 2.04 bits per heavy atom. The number of halogens is 1. The van der Waals surface area contributed by atoms with E-state index in [0.29, 0.717) is 11.3 Å². The summed E-state index contributed by atoms with van der Waals surface area (Å²) in [5.74, 6) is -1.02. The second-order valence-electron chi connectivity index (χ2n) is 6.60. The van der Waals surface area contributed by atoms with Crippen molar-refractivity contribution in [2.24, 2.45) is 5.16 Å². The molecule has 3 rings (SSSR count). The van der Waals surface area contributed by atoms with Crippen LogP contribution in [0.1, 0.15) is 24.5 Å². The minimum atomic E-state index is -0.820. The average molecular weight is 383 g/mol. The number of oxime groups is 1. The Labute approximate surface area is 163 Å². The van der Waals surface area contributed by atoms with Crippen LogP contribution < -0.4 is 5.32 Å². The Morgan fingerprint density at radius 1 is 1.25 bits per heavy atom. The van der Waals surface area contributed by atoms with Crippen LogP contribution in [0.2, 0.25) is 0 Å². The van der Waals surface area contributed by atoms with Crippen molar-refractivity contribution in [1.29, 1.82) is 0 Å². The number of carbonyl (C=O) groups excluding carboxylic acids is 2. The molecule has 1 aliphatic heterocycles. The van der Waals surface area contributed by atoms with E-state index in [1.807, 2.05) is 31.2 Å². The van der Waals surface area contributed by atoms with Crippen molar-refractivity contribution < 1.29 is 18.8 Å². The summed E-state index contributed by atoms with van der Waals surface area (Å²) in [6.45, 7) is 1.90. The predicted molar refractivity (Wildman–Crippen MR) is 105 cm³/mol. The molecule has 2 amide bonds. The molecule has 2 aromatic carbocycles. The van der Waals surface area contributed by atoms with E-state index in [1.54, 1.807) is 12.1 Å². The van der Waals surface area contributed by atoms with Crippen LogP contribution in [0.15, 0.2) is 53.7 Å². The SMILES string of the molecule is CCc1ccccc1NC(=O)CN(C)C(=O)C1CC(c2cccc(F)c2)=NO1. The number of aryl methyl sites for hydroxylation is 1. The van der Waals surface area contributed by atoms with Crippen LogP contribution in [0.3, 0.4) is 0 Å². The molecular formula is C21H22FN3O3. The van der Waals surface area contributed by atoms with E-state index < -0.39 is 6.10 Å². The van der Waals surface area contributed by atoms with Gasteiger partial charge in [0.25, 0.3) is 5.91 Å². The van der Waals surface area contributed by atoms with E-state index in [0.717, 1.165) is 17.7 Å². The van der Waals surface area contributed by atoms with Crippen molar-refractivity contribution in [2.75, 3.05) is 18.9 Å². The van der Waals surface area contributed by atoms with Crippen LogP contribution in [-0.2, 0) is 20.8 Å². The number of anilines is 1. The number of nitrogens with one attached hydrogen (secondary N) is 1. The normalized spacial score (nSPS) is 15.5. The second-order valence-corrected chi connectivity index (χ2v) is 6.60. The van der Waals surface area contributed by atoms with Crippen molar-refractivity contribution in [3.05, 3.63) is 65.5 Å². The van der Waals surface area contributed by atoms with Gasteiger partial charge in [0.1, 0.15) is 5.82 Å². The topological polar surface area (TPSA) is 71.0 Å². The van der Waals surface area contributed by atoms with Crippen LogP contribution in [-0.4, -0.2) is 42.1 Å². The molecule has 6 nitrogen and oxygen atoms in total. The van der Waals surface area contributed by atoms with Gasteiger partial charge in [0.2, 0.25) is 12.0 Å². The zero-order chi connectivity index (χ0) is 20.1. The van der Waals surface area contributed by atoms with Gasteiger partial charge in [-0.15, -0.1) is 0 Å². The predicted octanol–water partition coefficient (Wildman–Crippen LogP) is 2.98. The molecule has 1 aliphatic rings. The molecule has 146 valence electrons. The molecule has 1 N–H and O–H groups in total. The number of benzene rings is 2. The van der Waals surface area contributed by atoms with Crippen LogP contribution in [0, 0.1) is 5.82 Å². The number of carbonyl (C=O) groups is 2. The largest absolute Gasteiger partial charge is 0.382 e. The van der Waals surface area contributed by atoms with Crippen molar-refractivity contribution in [3.8, 4) is 0 Å². The molecule has 0 bridgehead atoms. The monoisotopic (exact) mass is 383 g/mol. The first kappa shape index (κ1) is 19.5. The van der Waals surface area contributed by atoms with E-state index in [-0.39, 0.29) is 30.6 Å². The zero-order valence-corrected chi connectivity index (χ0v) is 15.8. The van der Waals surface area contributed by atoms with Crippen LogP contribution >= 0.6 is 0 Å². The summed E-state index contributed by atoms with van der Waals surface area (Å²) < 4.78 is 13.4. The lowest BCUT2D eigenvalue weighted by atomic mass is 10.0. The third-order valence-electron chi connectivity index (χ3n) is 4.53. The molecule has 1 atom stereocenters. The number of likely N-dealkylation sites (N-methyl/N-ethyl adjacent to an activating group) is 1. The molecule has 0 aromatic heterocycles. The molecule has 0 saturated carbocycles. The van der Waals surface area contributed by atoms with Crippen LogP contribution in [0.25, 0.3) is 0 Å². The lowest BCUT2D eigenvalue weighted by Crippen LogP contribution is -2.41. The Morgan fingerprint density at radius 3 is 2.79 bits per heavy atom. The van der Waals surface area contributed by atoms with Gasteiger partial charge in [-0.1, -0.05) is 42.4 Å². The molecule has 7 heteroatoms. The van der Waals surface area contributed by atoms with Gasteiger partial charge in [0, 0.05) is 24.7 Å². The Hall–Kier alpha value is -3.22. The van der Waals surface area contributed by atoms with E-state index >= 15 is 0 Å². The summed E-state index contributed by atoms with van der Waals surface area (Å²) in [5.41, 5.74) is 2.85. The van der Waals surface area contributed by atoms with Crippen LogP contribution in [0.5, 0.6) is 0 Å². The molecular weight excluding hydrogens is 361 g/mol. The fourth-order valence-corrected chi connectivity index (χ4v) is 3.03. The van der Waals surface area contributed by atoms with Gasteiger partial charge in [-0.05, 0) is 30.2 Å². The highest BCUT2D eigenvalue weighted by Crippen LogP contribution is 2.19. The Bertz CT molecular complexity index is 913. The first-order valence-corrected chi connectivity index (χ1v) is 9.09. The Balaban J connectivity index is 1.56. The number of hydrogen-bond acceptors (Lipinski definition) is 4. The van der Waals surface area contributed by atoms with Gasteiger partial charge < -0.3 is 15.1 Å². The van der Waals surface area contributed by atoms with Crippen molar-refractivity contribution in [3.63, 3.8) is 0 Å². The molecule has 0 saturated heterocycles. The minimum Gasteiger partial charge on any atom is -0.382 e. The lowest BCUT2D eigenvalue weighted by molar-refractivity contribution is -0.142. The third-order valence-corrected chi connectivity index (χ3v) is 4.53. The number of hydrogen-bond donors (Lipinski definition) is 1. The van der Waals surface area contributed by atoms with Gasteiger partial charge in [-0.3, -0.25) is 9.59 Å². The highest BCUT2D eigenvalue weighted by molar-refractivity contribution is 6.04. The van der Waals surface area contributed by atoms with Crippen molar-refractivity contribution in [2.45, 2.75) is 25.9 Å². The summed E-state index contributed by atoms with van der Waals surface area (Å²) in [6, 6.07) is 13.5. The first-order chi connectivity index (χ1) is 13.5. The first-order valence-electron chi connectivity index (χ1n) is 9.09. The molecule has 0 aliphatic carbocycles. The molecule has 1 unspecified atom stereocenters. The fraction of sp³-hybridized carbons (Fsp3) is 0.286. The summed E-state index contributed by atoms with van der Waals surface area (Å²) >= 11 is 0. The van der Waals surface area contributed by atoms with Gasteiger partial charge in [-0.2, -0.15) is 0 Å². The smallest absolute Gasteiger partial charge is 0.267 e. The highest BCUT2D eigenvalue weighted by atomic mass is 19.1. The Kier molecular flexibility index (Phi) is 6.03. The molecule has 28 heavy (non-hydrogen) atoms. The van der Waals surface area contributed by atoms with Crippen LogP contribution in [0.4, 0.5) is 10.1 Å². The van der Waals surface area contributed by atoms with Crippen molar-refractivity contribution in [1.82, 2.24) is 4.90 Å². The van der Waals surface area contributed by atoms with Crippen molar-refractivity contribution >= 4 is 23.2 Å². The van der Waals surface area contributed by atoms with Gasteiger partial charge in [0.15, 0.2) is 0 Å². The number of nitrogens with zero attached hydrogens (tertiary/aromatic N) is 2. The van der Waals surface area contributed by atoms with Gasteiger partial charge >= 0.3 is 0 Å². The highest BCUT2D eigenvalue weighted by Gasteiger charge is 2.31. The minimum absolute atomic E-state index is 0.105. The molecule has 0 radical (unpaired) electrons. The maximum atomic E-state index is 13.4. The third kappa shape index (κ3) is 4.54. The fourth-order valence-electron chi connectivity index (χ4n) is 3.03. The molecule has 0 spiro atoms. The summed E-state index contributed by atoms with van der Waals surface area (Å²) in [6.07, 6.45) is 0.202. The standard InChI is InChI=1S/C21H22FN3O3/c1-3-14-7-4-5-10-17(14)23-20(26)13-25(2)21(27)19-12-18(24-28-19)15-8-6-9-16(22)11-15/h4-11,19H,3,12-13H2,1-2H3,(H,23,26).